The molecule has 3 rings (SSSR count). The quantitative estimate of drug-likeness (QED) is 0.844. The summed E-state index contributed by atoms with van der Waals surface area (Å²) in [6.45, 7) is -0.261. The Hall–Kier alpha value is -1.64. The fourth-order valence-corrected chi connectivity index (χ4v) is 4.86. The van der Waals surface area contributed by atoms with Gasteiger partial charge in [0.05, 0.1) is 33.8 Å². The first-order chi connectivity index (χ1) is 11.2. The van der Waals surface area contributed by atoms with Gasteiger partial charge in [-0.3, -0.25) is 14.2 Å². The van der Waals surface area contributed by atoms with Crippen molar-refractivity contribution in [2.24, 2.45) is 0 Å². The number of rotatable bonds is 3. The van der Waals surface area contributed by atoms with Crippen molar-refractivity contribution in [2.45, 2.75) is 19.0 Å². The van der Waals surface area contributed by atoms with Crippen LogP contribution in [0.4, 0.5) is 0 Å². The molecule has 1 amide bonds. The van der Waals surface area contributed by atoms with Crippen LogP contribution < -0.4 is 10.9 Å². The summed E-state index contributed by atoms with van der Waals surface area (Å²) in [5.41, 5.74) is -0.136. The summed E-state index contributed by atoms with van der Waals surface area (Å²) in [5.74, 6) is -0.463. The Kier molecular flexibility index (Phi) is 4.54. The lowest BCUT2D eigenvalue weighted by Gasteiger charge is -2.12. The van der Waals surface area contributed by atoms with Gasteiger partial charge in [-0.25, -0.2) is 13.4 Å². The van der Waals surface area contributed by atoms with E-state index in [0.717, 1.165) is 4.57 Å². The molecular weight excluding hydrogens is 377 g/mol. The molecule has 7 nitrogen and oxygen atoms in total. The molecule has 1 fully saturated rings. The first-order valence-corrected chi connectivity index (χ1v) is 9.67. The van der Waals surface area contributed by atoms with E-state index in [9.17, 15) is 18.0 Å². The third kappa shape index (κ3) is 3.55. The summed E-state index contributed by atoms with van der Waals surface area (Å²) < 4.78 is 23.9. The van der Waals surface area contributed by atoms with Crippen LogP contribution in [-0.2, 0) is 21.2 Å². The van der Waals surface area contributed by atoms with E-state index < -0.39 is 27.3 Å². The molecule has 0 unspecified atom stereocenters. The van der Waals surface area contributed by atoms with Gasteiger partial charge in [0.1, 0.15) is 6.54 Å². The number of benzene rings is 1. The van der Waals surface area contributed by atoms with E-state index in [0.29, 0.717) is 17.0 Å². The highest BCUT2D eigenvalue weighted by Crippen LogP contribution is 2.23. The number of carbonyl (C=O) groups excluding carboxylic acids is 1. The SMILES string of the molecule is O=C(Cn1cnc2c(Cl)cc(Cl)cc2c1=O)N[C@H]1CCS(=O)(=O)C1. The summed E-state index contributed by atoms with van der Waals surface area (Å²) in [5, 5.41) is 3.39. The number of hydrogen-bond donors (Lipinski definition) is 1. The minimum absolute atomic E-state index is 0.0619. The lowest BCUT2D eigenvalue weighted by Crippen LogP contribution is -2.39. The Morgan fingerprint density at radius 3 is 2.79 bits per heavy atom. The zero-order chi connectivity index (χ0) is 17.5. The molecule has 24 heavy (non-hydrogen) atoms. The topological polar surface area (TPSA) is 98.1 Å². The van der Waals surface area contributed by atoms with E-state index in [2.05, 4.69) is 10.3 Å². The van der Waals surface area contributed by atoms with Gasteiger partial charge in [-0.1, -0.05) is 23.2 Å². The number of nitrogens with zero attached hydrogens (tertiary/aromatic N) is 2. The van der Waals surface area contributed by atoms with E-state index in [1.54, 1.807) is 0 Å². The largest absolute Gasteiger partial charge is 0.351 e. The second-order valence-electron chi connectivity index (χ2n) is 5.63. The fraction of sp³-hybridized carbons (Fsp3) is 0.357. The van der Waals surface area contributed by atoms with Crippen molar-refractivity contribution < 1.29 is 13.2 Å². The molecule has 2 heterocycles. The third-order valence-corrected chi connectivity index (χ3v) is 6.03. The van der Waals surface area contributed by atoms with Gasteiger partial charge in [0.15, 0.2) is 9.84 Å². The maximum Gasteiger partial charge on any atom is 0.261 e. The molecule has 10 heteroatoms. The van der Waals surface area contributed by atoms with Crippen LogP contribution in [0, 0.1) is 0 Å². The predicted octanol–water partition coefficient (Wildman–Crippen LogP) is 1.01. The Labute approximate surface area is 147 Å². The zero-order valence-corrected chi connectivity index (χ0v) is 14.7. The molecule has 1 N–H and O–H groups in total. The molecule has 1 aromatic carbocycles. The molecule has 0 radical (unpaired) electrons. The second kappa shape index (κ2) is 6.34. The van der Waals surface area contributed by atoms with Crippen LogP contribution >= 0.6 is 23.2 Å². The molecule has 0 aliphatic carbocycles. The van der Waals surface area contributed by atoms with E-state index >= 15 is 0 Å². The van der Waals surface area contributed by atoms with Crippen molar-refractivity contribution in [1.29, 1.82) is 0 Å². The summed E-state index contributed by atoms with van der Waals surface area (Å²) in [6, 6.07) is 2.50. The zero-order valence-electron chi connectivity index (χ0n) is 12.3. The Morgan fingerprint density at radius 2 is 2.12 bits per heavy atom. The number of aromatic nitrogens is 2. The van der Waals surface area contributed by atoms with E-state index in [-0.39, 0.29) is 28.5 Å². The highest BCUT2D eigenvalue weighted by atomic mass is 35.5. The van der Waals surface area contributed by atoms with Crippen molar-refractivity contribution in [3.63, 3.8) is 0 Å². The fourth-order valence-electron chi connectivity index (χ4n) is 2.64. The van der Waals surface area contributed by atoms with Crippen molar-refractivity contribution in [2.75, 3.05) is 11.5 Å². The lowest BCUT2D eigenvalue weighted by atomic mass is 10.2. The van der Waals surface area contributed by atoms with Gasteiger partial charge in [-0.2, -0.15) is 0 Å². The minimum Gasteiger partial charge on any atom is -0.351 e. The van der Waals surface area contributed by atoms with Gasteiger partial charge in [-0.15, -0.1) is 0 Å². The van der Waals surface area contributed by atoms with Crippen LogP contribution in [0.3, 0.4) is 0 Å². The van der Waals surface area contributed by atoms with Gasteiger partial charge in [0.2, 0.25) is 5.91 Å². The van der Waals surface area contributed by atoms with Gasteiger partial charge in [-0.05, 0) is 18.6 Å². The Morgan fingerprint density at radius 1 is 1.38 bits per heavy atom. The van der Waals surface area contributed by atoms with Crippen LogP contribution in [0.15, 0.2) is 23.3 Å². The number of hydrogen-bond acceptors (Lipinski definition) is 5. The molecule has 1 aromatic heterocycles. The number of carbonyl (C=O) groups is 1. The minimum atomic E-state index is -3.09. The average molecular weight is 390 g/mol. The molecule has 0 spiro atoms. The standard InChI is InChI=1S/C14H13Cl2N3O4S/c15-8-3-10-13(11(16)4-8)17-7-19(14(10)21)5-12(20)18-9-1-2-24(22,23)6-9/h3-4,7,9H,1-2,5-6H2,(H,18,20)/t9-/m0/s1. The molecule has 1 aliphatic heterocycles. The summed E-state index contributed by atoms with van der Waals surface area (Å²) in [7, 11) is -3.09. The number of fused-ring (bicyclic) bond motifs is 1. The van der Waals surface area contributed by atoms with Gasteiger partial charge in [0, 0.05) is 11.1 Å². The molecule has 1 aliphatic rings. The van der Waals surface area contributed by atoms with Gasteiger partial charge in [0.25, 0.3) is 5.56 Å². The molecule has 1 atom stereocenters. The van der Waals surface area contributed by atoms with Crippen molar-refractivity contribution >= 4 is 49.8 Å². The van der Waals surface area contributed by atoms with E-state index in [4.69, 9.17) is 23.2 Å². The van der Waals surface area contributed by atoms with Crippen LogP contribution in [0.1, 0.15) is 6.42 Å². The first kappa shape index (κ1) is 17.2. The number of halogens is 2. The molecule has 0 saturated carbocycles. The van der Waals surface area contributed by atoms with Crippen LogP contribution in [0.5, 0.6) is 0 Å². The number of amides is 1. The molecule has 128 valence electrons. The molecular formula is C14H13Cl2N3O4S. The molecule has 2 aromatic rings. The van der Waals surface area contributed by atoms with Crippen molar-refractivity contribution in [3.8, 4) is 0 Å². The lowest BCUT2D eigenvalue weighted by molar-refractivity contribution is -0.122. The van der Waals surface area contributed by atoms with Crippen molar-refractivity contribution in [1.82, 2.24) is 14.9 Å². The van der Waals surface area contributed by atoms with Gasteiger partial charge < -0.3 is 5.32 Å². The first-order valence-electron chi connectivity index (χ1n) is 7.09. The summed E-state index contributed by atoms with van der Waals surface area (Å²) in [6.07, 6.45) is 1.61. The monoisotopic (exact) mass is 389 g/mol. The second-order valence-corrected chi connectivity index (χ2v) is 8.70. The Bertz CT molecular complexity index is 987. The summed E-state index contributed by atoms with van der Waals surface area (Å²) in [4.78, 5) is 28.6. The smallest absolute Gasteiger partial charge is 0.261 e. The Balaban J connectivity index is 1.82. The molecule has 1 saturated heterocycles. The average Bonchev–Trinajstić information content (AvgIpc) is 2.81. The number of sulfone groups is 1. The van der Waals surface area contributed by atoms with Crippen molar-refractivity contribution in [3.05, 3.63) is 38.9 Å². The number of nitrogens with one attached hydrogen (secondary N) is 1. The van der Waals surface area contributed by atoms with Crippen LogP contribution in [0.25, 0.3) is 10.9 Å². The maximum atomic E-state index is 12.4. The van der Waals surface area contributed by atoms with E-state index in [1.165, 1.54) is 18.5 Å². The summed E-state index contributed by atoms with van der Waals surface area (Å²) >= 11 is 11.9. The third-order valence-electron chi connectivity index (χ3n) is 3.76. The van der Waals surface area contributed by atoms with Crippen LogP contribution in [0.2, 0.25) is 10.0 Å². The highest BCUT2D eigenvalue weighted by Gasteiger charge is 2.28. The normalized spacial score (nSPS) is 19.5. The predicted molar refractivity (Wildman–Crippen MR) is 91.2 cm³/mol. The van der Waals surface area contributed by atoms with E-state index in [1.807, 2.05) is 0 Å². The van der Waals surface area contributed by atoms with Crippen LogP contribution in [-0.4, -0.2) is 41.4 Å². The van der Waals surface area contributed by atoms with Gasteiger partial charge >= 0.3 is 0 Å². The highest BCUT2D eigenvalue weighted by molar-refractivity contribution is 7.91. The maximum absolute atomic E-state index is 12.4. The molecule has 0 bridgehead atoms.